The van der Waals surface area contributed by atoms with Crippen LogP contribution in [0.5, 0.6) is 5.75 Å². The van der Waals surface area contributed by atoms with Crippen LogP contribution in [0.1, 0.15) is 29.2 Å². The van der Waals surface area contributed by atoms with Crippen LogP contribution < -0.4 is 15.6 Å². The maximum atomic E-state index is 12.2. The van der Waals surface area contributed by atoms with E-state index in [1.54, 1.807) is 23.9 Å². The van der Waals surface area contributed by atoms with Crippen molar-refractivity contribution < 1.29 is 14.3 Å². The van der Waals surface area contributed by atoms with Gasteiger partial charge in [-0.05, 0) is 49.6 Å². The summed E-state index contributed by atoms with van der Waals surface area (Å²) in [5.74, 6) is -0.261. The molecule has 2 aromatic carbocycles. The fourth-order valence-corrected chi connectivity index (χ4v) is 2.86. The van der Waals surface area contributed by atoms with Crippen LogP contribution in [0.3, 0.4) is 0 Å². The Morgan fingerprint density at radius 2 is 1.87 bits per heavy atom. The third-order valence-electron chi connectivity index (χ3n) is 4.80. The van der Waals surface area contributed by atoms with Crippen molar-refractivity contribution in [1.29, 1.82) is 0 Å². The summed E-state index contributed by atoms with van der Waals surface area (Å²) in [6.07, 6.45) is 5.72. The number of amides is 2. The summed E-state index contributed by atoms with van der Waals surface area (Å²) < 4.78 is 7.50. The highest BCUT2D eigenvalue weighted by Gasteiger charge is 2.16. The Balaban J connectivity index is 1.46. The second kappa shape index (κ2) is 10.2. The fraction of sp³-hybridized carbons (Fsp3) is 0.208. The molecule has 7 nitrogen and oxygen atoms in total. The number of carbonyl (C=O) groups is 2. The topological polar surface area (TPSA) is 85.2 Å². The molecule has 0 aliphatic rings. The molecule has 0 saturated carbocycles. The van der Waals surface area contributed by atoms with E-state index in [-0.39, 0.29) is 0 Å². The lowest BCUT2D eigenvalue weighted by Crippen LogP contribution is -2.46. The normalized spacial score (nSPS) is 11.8. The minimum absolute atomic E-state index is 0.446. The second-order valence-electron chi connectivity index (χ2n) is 7.23. The van der Waals surface area contributed by atoms with Gasteiger partial charge in [-0.2, -0.15) is 5.10 Å². The molecular weight excluding hydrogens is 392 g/mol. The number of hydrogen-bond acceptors (Lipinski definition) is 4. The number of benzene rings is 2. The van der Waals surface area contributed by atoms with E-state index in [4.69, 9.17) is 4.74 Å². The Hall–Kier alpha value is -3.87. The van der Waals surface area contributed by atoms with E-state index in [9.17, 15) is 9.59 Å². The molecule has 2 N–H and O–H groups in total. The van der Waals surface area contributed by atoms with Gasteiger partial charge >= 0.3 is 0 Å². The maximum Gasteiger partial charge on any atom is 0.279 e. The van der Waals surface area contributed by atoms with Crippen LogP contribution in [0.4, 0.5) is 0 Å². The maximum absolute atomic E-state index is 12.2. The van der Waals surface area contributed by atoms with Gasteiger partial charge in [0.25, 0.3) is 11.8 Å². The van der Waals surface area contributed by atoms with Crippen molar-refractivity contribution in [2.45, 2.75) is 33.4 Å². The molecule has 0 saturated heterocycles. The molecule has 0 aliphatic heterocycles. The highest BCUT2D eigenvalue weighted by Crippen LogP contribution is 2.21. The molecule has 3 rings (SSSR count). The van der Waals surface area contributed by atoms with Crippen LogP contribution in [-0.2, 0) is 16.1 Å². The monoisotopic (exact) mass is 418 g/mol. The van der Waals surface area contributed by atoms with Crippen LogP contribution >= 0.6 is 0 Å². The lowest BCUT2D eigenvalue weighted by atomic mass is 10.1. The van der Waals surface area contributed by atoms with Gasteiger partial charge in [-0.3, -0.25) is 25.1 Å². The Morgan fingerprint density at radius 3 is 2.65 bits per heavy atom. The van der Waals surface area contributed by atoms with Gasteiger partial charge in [-0.25, -0.2) is 0 Å². The smallest absolute Gasteiger partial charge is 0.279 e. The summed E-state index contributed by atoms with van der Waals surface area (Å²) in [4.78, 5) is 24.2. The molecular formula is C24H26N4O3. The fourth-order valence-electron chi connectivity index (χ4n) is 2.86. The van der Waals surface area contributed by atoms with Gasteiger partial charge in [0.2, 0.25) is 0 Å². The SMILES string of the molecule is Cc1cccc(O[C@@H](C)C(=O)NNC(=O)/C=C/c2cnn(Cc3ccccc3)c2)c1C. The zero-order valence-corrected chi connectivity index (χ0v) is 17.8. The van der Waals surface area contributed by atoms with Crippen LogP contribution in [0.25, 0.3) is 6.08 Å². The number of hydrogen-bond donors (Lipinski definition) is 2. The first kappa shape index (κ1) is 21.8. The molecule has 1 heterocycles. The van der Waals surface area contributed by atoms with Crippen molar-refractivity contribution in [1.82, 2.24) is 20.6 Å². The average molecular weight is 418 g/mol. The van der Waals surface area contributed by atoms with E-state index < -0.39 is 17.9 Å². The van der Waals surface area contributed by atoms with Crippen LogP contribution in [0, 0.1) is 13.8 Å². The second-order valence-corrected chi connectivity index (χ2v) is 7.23. The van der Waals surface area contributed by atoms with E-state index in [1.807, 2.05) is 68.6 Å². The molecule has 0 fully saturated rings. The van der Waals surface area contributed by atoms with Crippen molar-refractivity contribution >= 4 is 17.9 Å². The molecule has 1 atom stereocenters. The van der Waals surface area contributed by atoms with E-state index in [0.717, 1.165) is 22.3 Å². The summed E-state index contributed by atoms with van der Waals surface area (Å²) >= 11 is 0. The molecule has 0 spiro atoms. The standard InChI is InChI=1S/C24H26N4O3/c1-17-8-7-11-22(18(17)2)31-19(3)24(30)27-26-23(29)13-12-21-14-25-28(16-21)15-20-9-5-4-6-10-20/h4-14,16,19H,15H2,1-3H3,(H,26,29)(H,27,30)/b13-12+/t19-/m0/s1. The molecule has 2 amide bonds. The number of rotatable bonds is 7. The molecule has 0 unspecified atom stereocenters. The van der Waals surface area contributed by atoms with Crippen LogP contribution in [0.15, 0.2) is 67.0 Å². The highest BCUT2D eigenvalue weighted by atomic mass is 16.5. The van der Waals surface area contributed by atoms with E-state index >= 15 is 0 Å². The molecule has 0 bridgehead atoms. The number of nitrogens with one attached hydrogen (secondary N) is 2. The first-order chi connectivity index (χ1) is 14.9. The minimum Gasteiger partial charge on any atom is -0.481 e. The first-order valence-corrected chi connectivity index (χ1v) is 9.99. The number of nitrogens with zero attached hydrogens (tertiary/aromatic N) is 2. The summed E-state index contributed by atoms with van der Waals surface area (Å²) in [6, 6.07) is 15.6. The molecule has 7 heteroatoms. The third-order valence-corrected chi connectivity index (χ3v) is 4.80. The van der Waals surface area contributed by atoms with Crippen LogP contribution in [0.2, 0.25) is 0 Å². The number of ether oxygens (including phenoxy) is 1. The zero-order chi connectivity index (χ0) is 22.2. The van der Waals surface area contributed by atoms with Crippen molar-refractivity contribution in [3.63, 3.8) is 0 Å². The van der Waals surface area contributed by atoms with Gasteiger partial charge in [0.05, 0.1) is 12.7 Å². The lowest BCUT2D eigenvalue weighted by molar-refractivity contribution is -0.131. The summed E-state index contributed by atoms with van der Waals surface area (Å²) in [6.45, 7) is 6.18. The highest BCUT2D eigenvalue weighted by molar-refractivity contribution is 5.93. The van der Waals surface area contributed by atoms with Gasteiger partial charge < -0.3 is 4.74 Å². The van der Waals surface area contributed by atoms with Crippen LogP contribution in [-0.4, -0.2) is 27.7 Å². The molecule has 160 valence electrons. The number of aromatic nitrogens is 2. The van der Waals surface area contributed by atoms with Crippen molar-refractivity contribution in [3.05, 3.63) is 89.3 Å². The number of carbonyl (C=O) groups excluding carboxylic acids is 2. The summed E-state index contributed by atoms with van der Waals surface area (Å²) in [5, 5.41) is 4.29. The Morgan fingerprint density at radius 1 is 1.10 bits per heavy atom. The van der Waals surface area contributed by atoms with Gasteiger partial charge in [-0.15, -0.1) is 0 Å². The number of aryl methyl sites for hydroxylation is 1. The Labute approximate surface area is 181 Å². The van der Waals surface area contributed by atoms with Gasteiger partial charge in [-0.1, -0.05) is 42.5 Å². The Bertz CT molecular complexity index is 1070. The number of hydrazine groups is 1. The molecule has 0 aliphatic carbocycles. The van der Waals surface area contributed by atoms with Gasteiger partial charge in [0, 0.05) is 17.8 Å². The van der Waals surface area contributed by atoms with E-state index in [2.05, 4.69) is 16.0 Å². The predicted octanol–water partition coefficient (Wildman–Crippen LogP) is 3.18. The van der Waals surface area contributed by atoms with Gasteiger partial charge in [0.15, 0.2) is 6.10 Å². The average Bonchev–Trinajstić information content (AvgIpc) is 3.21. The lowest BCUT2D eigenvalue weighted by Gasteiger charge is -2.17. The zero-order valence-electron chi connectivity index (χ0n) is 17.8. The van der Waals surface area contributed by atoms with Crippen molar-refractivity contribution in [3.8, 4) is 5.75 Å². The Kier molecular flexibility index (Phi) is 7.22. The summed E-state index contributed by atoms with van der Waals surface area (Å²) in [5.41, 5.74) is 8.71. The third kappa shape index (κ3) is 6.30. The van der Waals surface area contributed by atoms with Crippen molar-refractivity contribution in [2.24, 2.45) is 0 Å². The van der Waals surface area contributed by atoms with E-state index in [1.165, 1.54) is 6.08 Å². The quantitative estimate of drug-likeness (QED) is 0.456. The molecule has 31 heavy (non-hydrogen) atoms. The molecule has 0 radical (unpaired) electrons. The first-order valence-electron chi connectivity index (χ1n) is 9.99. The predicted molar refractivity (Wildman–Crippen MR) is 119 cm³/mol. The largest absolute Gasteiger partial charge is 0.481 e. The van der Waals surface area contributed by atoms with E-state index in [0.29, 0.717) is 12.3 Å². The summed E-state index contributed by atoms with van der Waals surface area (Å²) in [7, 11) is 0. The van der Waals surface area contributed by atoms with Crippen molar-refractivity contribution in [2.75, 3.05) is 0 Å². The molecule has 3 aromatic rings. The van der Waals surface area contributed by atoms with Gasteiger partial charge in [0.1, 0.15) is 5.75 Å². The molecule has 1 aromatic heterocycles. The minimum atomic E-state index is -0.763.